The van der Waals surface area contributed by atoms with E-state index in [1.807, 2.05) is 56.0 Å². The maximum Gasteiger partial charge on any atom is 0.410 e. The number of thiazole rings is 1. The molecule has 39 heavy (non-hydrogen) atoms. The molecular weight excluding hydrogens is 518 g/mol. The minimum atomic E-state index is -0.505. The van der Waals surface area contributed by atoms with Crippen molar-refractivity contribution in [3.8, 4) is 11.1 Å². The highest BCUT2D eigenvalue weighted by Gasteiger charge is 2.28. The molecule has 1 aliphatic heterocycles. The van der Waals surface area contributed by atoms with Crippen LogP contribution in [0.4, 0.5) is 4.79 Å². The average Bonchev–Trinajstić information content (AvgIpc) is 3.52. The van der Waals surface area contributed by atoms with Gasteiger partial charge in [-0.3, -0.25) is 19.0 Å². The van der Waals surface area contributed by atoms with Gasteiger partial charge in [0.1, 0.15) is 5.60 Å². The number of nitrogens with zero attached hydrogens (tertiary/aromatic N) is 5. The van der Waals surface area contributed by atoms with Crippen LogP contribution >= 0.6 is 11.3 Å². The fourth-order valence-electron chi connectivity index (χ4n) is 4.64. The zero-order chi connectivity index (χ0) is 27.7. The Morgan fingerprint density at radius 3 is 2.51 bits per heavy atom. The molecule has 1 saturated heterocycles. The highest BCUT2D eigenvalue weighted by atomic mass is 32.1. The number of benzene rings is 1. The minimum Gasteiger partial charge on any atom is -0.465 e. The van der Waals surface area contributed by atoms with Crippen molar-refractivity contribution in [2.45, 2.75) is 51.8 Å². The Labute approximate surface area is 229 Å². The number of methoxy groups -OCH3 is 1. The Bertz CT molecular complexity index is 1560. The minimum absolute atomic E-state index is 0.0755. The van der Waals surface area contributed by atoms with Gasteiger partial charge in [-0.1, -0.05) is 17.4 Å². The summed E-state index contributed by atoms with van der Waals surface area (Å²) < 4.78 is 14.7. The number of fused-ring (bicyclic) bond motifs is 1. The van der Waals surface area contributed by atoms with Crippen LogP contribution in [0.5, 0.6) is 0 Å². The molecule has 0 N–H and O–H groups in total. The van der Waals surface area contributed by atoms with Crippen molar-refractivity contribution in [1.82, 2.24) is 24.2 Å². The van der Waals surface area contributed by atoms with Gasteiger partial charge in [-0.25, -0.2) is 9.59 Å². The Kier molecular flexibility index (Phi) is 7.26. The number of pyridine rings is 1. The van der Waals surface area contributed by atoms with Crippen molar-refractivity contribution in [3.63, 3.8) is 0 Å². The molecule has 1 aliphatic rings. The monoisotopic (exact) mass is 549 g/mol. The molecule has 1 amide bonds. The Morgan fingerprint density at radius 2 is 1.85 bits per heavy atom. The molecule has 11 heteroatoms. The third-order valence-corrected chi connectivity index (χ3v) is 7.60. The predicted octanol–water partition coefficient (Wildman–Crippen LogP) is 4.73. The topological polar surface area (TPSA) is 109 Å². The quantitative estimate of drug-likeness (QED) is 0.331. The zero-order valence-electron chi connectivity index (χ0n) is 22.4. The SMILES string of the molecule is COC(=O)c1ccc(Cn2c(=O)sc3cc(-c4cnn(C5CCN(C(=O)OC(C)(C)C)CC5)c4)ccc32)nc1. The van der Waals surface area contributed by atoms with Crippen LogP contribution in [0, 0.1) is 0 Å². The van der Waals surface area contributed by atoms with E-state index in [2.05, 4.69) is 10.1 Å². The number of aromatic nitrogens is 4. The van der Waals surface area contributed by atoms with Crippen LogP contribution in [-0.2, 0) is 16.0 Å². The highest BCUT2D eigenvalue weighted by molar-refractivity contribution is 7.16. The van der Waals surface area contributed by atoms with Crippen LogP contribution in [0.3, 0.4) is 0 Å². The number of likely N-dealkylation sites (tertiary alicyclic amines) is 1. The molecular formula is C28H31N5O5S. The van der Waals surface area contributed by atoms with Gasteiger partial charge in [0, 0.05) is 31.0 Å². The average molecular weight is 550 g/mol. The van der Waals surface area contributed by atoms with E-state index in [1.54, 1.807) is 21.6 Å². The number of ether oxygens (including phenoxy) is 2. The number of rotatable bonds is 5. The van der Waals surface area contributed by atoms with Crippen LogP contribution in [0.1, 0.15) is 55.7 Å². The summed E-state index contributed by atoms with van der Waals surface area (Å²) in [5.74, 6) is -0.450. The summed E-state index contributed by atoms with van der Waals surface area (Å²) in [5.41, 5.74) is 3.31. The molecule has 0 atom stereocenters. The molecule has 0 aliphatic carbocycles. The van der Waals surface area contributed by atoms with Crippen LogP contribution in [-0.4, -0.2) is 62.1 Å². The van der Waals surface area contributed by atoms with Crippen molar-refractivity contribution < 1.29 is 19.1 Å². The van der Waals surface area contributed by atoms with Gasteiger partial charge in [0.05, 0.1) is 47.4 Å². The number of hydrogen-bond acceptors (Lipinski definition) is 8. The first-order chi connectivity index (χ1) is 18.6. The second-order valence-corrected chi connectivity index (χ2v) is 11.6. The molecule has 204 valence electrons. The van der Waals surface area contributed by atoms with Gasteiger partial charge in [0.15, 0.2) is 0 Å². The van der Waals surface area contributed by atoms with Gasteiger partial charge in [0.25, 0.3) is 0 Å². The summed E-state index contributed by atoms with van der Waals surface area (Å²) in [7, 11) is 1.32. The molecule has 10 nitrogen and oxygen atoms in total. The fourth-order valence-corrected chi connectivity index (χ4v) is 5.57. The largest absolute Gasteiger partial charge is 0.465 e. The fraction of sp³-hybridized carbons (Fsp3) is 0.393. The summed E-state index contributed by atoms with van der Waals surface area (Å²) >= 11 is 1.19. The van der Waals surface area contributed by atoms with Crippen LogP contribution in [0.2, 0.25) is 0 Å². The second kappa shape index (κ2) is 10.6. The van der Waals surface area contributed by atoms with Gasteiger partial charge >= 0.3 is 16.9 Å². The number of carbonyl (C=O) groups is 2. The third kappa shape index (κ3) is 5.88. The molecule has 4 aromatic rings. The third-order valence-electron chi connectivity index (χ3n) is 6.66. The normalized spacial score (nSPS) is 14.5. The molecule has 0 unspecified atom stereocenters. The zero-order valence-corrected chi connectivity index (χ0v) is 23.2. The van der Waals surface area contributed by atoms with E-state index in [-0.39, 0.29) is 17.0 Å². The van der Waals surface area contributed by atoms with E-state index < -0.39 is 11.6 Å². The molecule has 1 aromatic carbocycles. The number of piperidine rings is 1. The second-order valence-electron chi connectivity index (χ2n) is 10.6. The van der Waals surface area contributed by atoms with Crippen molar-refractivity contribution >= 4 is 33.6 Å². The van der Waals surface area contributed by atoms with Gasteiger partial charge < -0.3 is 14.4 Å². The molecule has 4 heterocycles. The van der Waals surface area contributed by atoms with E-state index in [9.17, 15) is 14.4 Å². The molecule has 0 bridgehead atoms. The molecule has 0 saturated carbocycles. The lowest BCUT2D eigenvalue weighted by Crippen LogP contribution is -2.42. The first-order valence-corrected chi connectivity index (χ1v) is 13.6. The summed E-state index contributed by atoms with van der Waals surface area (Å²) in [6.07, 6.45) is 6.67. The number of esters is 1. The van der Waals surface area contributed by atoms with E-state index in [4.69, 9.17) is 9.47 Å². The van der Waals surface area contributed by atoms with Gasteiger partial charge in [0.2, 0.25) is 0 Å². The lowest BCUT2D eigenvalue weighted by molar-refractivity contribution is 0.0184. The maximum atomic E-state index is 12.8. The molecule has 5 rings (SSSR count). The summed E-state index contributed by atoms with van der Waals surface area (Å²) in [5, 5.41) is 4.61. The first kappa shape index (κ1) is 26.6. The Hall–Kier alpha value is -3.99. The van der Waals surface area contributed by atoms with Crippen molar-refractivity contribution in [3.05, 3.63) is 69.8 Å². The standard InChI is InChI=1S/C28H31N5O5S/c1-28(2,3)38-26(35)31-11-9-22(10-12-31)33-16-20(15-30-33)18-6-8-23-24(13-18)39-27(36)32(23)17-21-7-5-19(14-29-21)25(34)37-4/h5-8,13-16,22H,9-12,17H2,1-4H3. The summed E-state index contributed by atoms with van der Waals surface area (Å²) in [6.45, 7) is 7.18. The number of carbonyl (C=O) groups excluding carboxylic acids is 2. The molecule has 0 radical (unpaired) electrons. The molecule has 1 fully saturated rings. The number of hydrogen-bond donors (Lipinski definition) is 0. The van der Waals surface area contributed by atoms with Crippen LogP contribution < -0.4 is 4.87 Å². The molecule has 0 spiro atoms. The van der Waals surface area contributed by atoms with E-state index >= 15 is 0 Å². The van der Waals surface area contributed by atoms with E-state index in [0.717, 1.165) is 34.2 Å². The van der Waals surface area contributed by atoms with Crippen molar-refractivity contribution in [2.24, 2.45) is 0 Å². The van der Waals surface area contributed by atoms with Gasteiger partial charge in [-0.15, -0.1) is 0 Å². The summed E-state index contributed by atoms with van der Waals surface area (Å²) in [4.78, 5) is 42.8. The van der Waals surface area contributed by atoms with Crippen LogP contribution in [0.25, 0.3) is 21.3 Å². The first-order valence-electron chi connectivity index (χ1n) is 12.8. The smallest absolute Gasteiger partial charge is 0.410 e. The van der Waals surface area contributed by atoms with Gasteiger partial charge in [-0.05, 0) is 63.4 Å². The van der Waals surface area contributed by atoms with Gasteiger partial charge in [-0.2, -0.15) is 5.10 Å². The van der Waals surface area contributed by atoms with Crippen molar-refractivity contribution in [2.75, 3.05) is 20.2 Å². The summed E-state index contributed by atoms with van der Waals surface area (Å²) in [6, 6.07) is 9.52. The van der Waals surface area contributed by atoms with E-state index in [1.165, 1.54) is 24.6 Å². The lowest BCUT2D eigenvalue weighted by Gasteiger charge is -2.33. The highest BCUT2D eigenvalue weighted by Crippen LogP contribution is 2.29. The Morgan fingerprint density at radius 1 is 1.08 bits per heavy atom. The maximum absolute atomic E-state index is 12.8. The van der Waals surface area contributed by atoms with E-state index in [0.29, 0.717) is 30.9 Å². The lowest BCUT2D eigenvalue weighted by atomic mass is 10.1. The van der Waals surface area contributed by atoms with Crippen molar-refractivity contribution in [1.29, 1.82) is 0 Å². The molecule has 3 aromatic heterocycles. The Balaban J connectivity index is 1.28. The van der Waals surface area contributed by atoms with Crippen LogP contribution in [0.15, 0.2) is 53.7 Å². The number of amides is 1. The predicted molar refractivity (Wildman–Crippen MR) is 148 cm³/mol.